The largest absolute Gasteiger partial charge is 0.491 e. The molecule has 0 aliphatic carbocycles. The maximum Gasteiger partial charge on any atom is 0.282 e. The molecule has 0 aromatic heterocycles. The molecule has 1 aliphatic heterocycles. The molecule has 5 heteroatoms. The molecular formula is C29H30N2O3. The van der Waals surface area contributed by atoms with Gasteiger partial charge in [-0.3, -0.25) is 9.59 Å². The van der Waals surface area contributed by atoms with E-state index in [1.165, 1.54) is 4.90 Å². The van der Waals surface area contributed by atoms with Gasteiger partial charge in [-0.15, -0.1) is 0 Å². The van der Waals surface area contributed by atoms with E-state index < -0.39 is 0 Å². The van der Waals surface area contributed by atoms with Crippen molar-refractivity contribution in [2.75, 3.05) is 10.2 Å². The van der Waals surface area contributed by atoms with Crippen molar-refractivity contribution in [2.24, 2.45) is 0 Å². The van der Waals surface area contributed by atoms with E-state index in [2.05, 4.69) is 5.32 Å². The van der Waals surface area contributed by atoms with Crippen molar-refractivity contribution in [2.45, 2.75) is 47.6 Å². The molecule has 0 spiro atoms. The highest BCUT2D eigenvalue weighted by molar-refractivity contribution is 6.46. The minimum atomic E-state index is -0.368. The van der Waals surface area contributed by atoms with Crippen LogP contribution in [0.5, 0.6) is 5.75 Å². The van der Waals surface area contributed by atoms with E-state index in [9.17, 15) is 9.59 Å². The summed E-state index contributed by atoms with van der Waals surface area (Å²) in [6, 6.07) is 19.0. The molecule has 5 nitrogen and oxygen atoms in total. The lowest BCUT2D eigenvalue weighted by Gasteiger charge is -2.17. The first kappa shape index (κ1) is 23.3. The van der Waals surface area contributed by atoms with Gasteiger partial charge in [0.05, 0.1) is 17.4 Å². The van der Waals surface area contributed by atoms with Gasteiger partial charge < -0.3 is 10.1 Å². The van der Waals surface area contributed by atoms with Gasteiger partial charge in [0.2, 0.25) is 0 Å². The predicted molar refractivity (Wildman–Crippen MR) is 137 cm³/mol. The van der Waals surface area contributed by atoms with E-state index in [1.807, 2.05) is 102 Å². The van der Waals surface area contributed by atoms with E-state index in [0.717, 1.165) is 33.6 Å². The summed E-state index contributed by atoms with van der Waals surface area (Å²) < 4.78 is 5.72. The summed E-state index contributed by atoms with van der Waals surface area (Å²) in [5.74, 6) is 0.0477. The van der Waals surface area contributed by atoms with Gasteiger partial charge in [-0.05, 0) is 100 Å². The third kappa shape index (κ3) is 4.60. The zero-order valence-electron chi connectivity index (χ0n) is 20.5. The topological polar surface area (TPSA) is 58.6 Å². The number of benzene rings is 3. The Balaban J connectivity index is 1.80. The molecule has 174 valence electrons. The average molecular weight is 455 g/mol. The van der Waals surface area contributed by atoms with Crippen LogP contribution < -0.4 is 15.0 Å². The number of hydrogen-bond donors (Lipinski definition) is 1. The fraction of sp³-hybridized carbons (Fsp3) is 0.241. The van der Waals surface area contributed by atoms with E-state index in [4.69, 9.17) is 4.74 Å². The number of nitrogens with one attached hydrogen (secondary N) is 1. The predicted octanol–water partition coefficient (Wildman–Crippen LogP) is 6.10. The molecule has 1 heterocycles. The summed E-state index contributed by atoms with van der Waals surface area (Å²) in [6.45, 7) is 11.8. The van der Waals surface area contributed by atoms with Crippen LogP contribution >= 0.6 is 0 Å². The number of nitrogens with zero attached hydrogens (tertiary/aromatic N) is 1. The molecule has 0 atom stereocenters. The Morgan fingerprint density at radius 3 is 2.00 bits per heavy atom. The number of carbonyl (C=O) groups is 2. The minimum absolute atomic E-state index is 0.0676. The molecule has 3 aromatic carbocycles. The van der Waals surface area contributed by atoms with Crippen LogP contribution in [0, 0.1) is 27.7 Å². The first-order chi connectivity index (χ1) is 16.1. The average Bonchev–Trinajstić information content (AvgIpc) is 2.98. The molecule has 1 N–H and O–H groups in total. The Kier molecular flexibility index (Phi) is 6.29. The van der Waals surface area contributed by atoms with Crippen LogP contribution in [-0.2, 0) is 9.59 Å². The van der Waals surface area contributed by atoms with Crippen molar-refractivity contribution in [3.63, 3.8) is 0 Å². The van der Waals surface area contributed by atoms with Crippen LogP contribution in [0.25, 0.3) is 5.57 Å². The molecular weight excluding hydrogens is 424 g/mol. The highest BCUT2D eigenvalue weighted by atomic mass is 16.5. The molecule has 0 saturated heterocycles. The van der Waals surface area contributed by atoms with E-state index in [1.54, 1.807) is 0 Å². The Bertz CT molecular complexity index is 1280. The summed E-state index contributed by atoms with van der Waals surface area (Å²) in [5, 5.41) is 3.23. The zero-order chi connectivity index (χ0) is 24.6. The van der Waals surface area contributed by atoms with Gasteiger partial charge >= 0.3 is 0 Å². The smallest absolute Gasteiger partial charge is 0.282 e. The molecule has 0 fully saturated rings. The van der Waals surface area contributed by atoms with Crippen LogP contribution in [0.4, 0.5) is 11.4 Å². The number of rotatable bonds is 6. The van der Waals surface area contributed by atoms with E-state index in [-0.39, 0.29) is 23.6 Å². The summed E-state index contributed by atoms with van der Waals surface area (Å²) in [7, 11) is 0. The van der Waals surface area contributed by atoms with E-state index >= 15 is 0 Å². The van der Waals surface area contributed by atoms with Crippen LogP contribution in [-0.4, -0.2) is 17.9 Å². The Hall–Kier alpha value is -3.86. The Morgan fingerprint density at radius 1 is 0.765 bits per heavy atom. The molecule has 1 aliphatic rings. The highest BCUT2D eigenvalue weighted by Crippen LogP contribution is 2.36. The summed E-state index contributed by atoms with van der Waals surface area (Å²) in [6.07, 6.45) is 0.0676. The van der Waals surface area contributed by atoms with Gasteiger partial charge in [0, 0.05) is 5.69 Å². The first-order valence-corrected chi connectivity index (χ1v) is 11.5. The first-order valence-electron chi connectivity index (χ1n) is 11.5. The maximum absolute atomic E-state index is 13.7. The van der Waals surface area contributed by atoms with Gasteiger partial charge in [0.25, 0.3) is 11.8 Å². The second kappa shape index (κ2) is 9.18. The highest BCUT2D eigenvalue weighted by Gasteiger charge is 2.40. The van der Waals surface area contributed by atoms with Crippen molar-refractivity contribution in [3.05, 3.63) is 94.2 Å². The molecule has 3 aromatic rings. The molecule has 34 heavy (non-hydrogen) atoms. The number of carbonyl (C=O) groups excluding carboxylic acids is 2. The zero-order valence-corrected chi connectivity index (χ0v) is 20.5. The number of amides is 2. The number of aryl methyl sites for hydroxylation is 4. The fourth-order valence-electron chi connectivity index (χ4n) is 4.34. The second-order valence-corrected chi connectivity index (χ2v) is 9.18. The molecule has 0 bridgehead atoms. The van der Waals surface area contributed by atoms with Gasteiger partial charge in [-0.2, -0.15) is 0 Å². The van der Waals surface area contributed by atoms with Crippen molar-refractivity contribution in [1.29, 1.82) is 0 Å². The fourth-order valence-corrected chi connectivity index (χ4v) is 4.34. The van der Waals surface area contributed by atoms with Crippen LogP contribution in [0.15, 0.2) is 66.4 Å². The number of imide groups is 1. The van der Waals surface area contributed by atoms with Crippen molar-refractivity contribution in [1.82, 2.24) is 0 Å². The maximum atomic E-state index is 13.7. The van der Waals surface area contributed by atoms with Crippen LogP contribution in [0.3, 0.4) is 0 Å². The van der Waals surface area contributed by atoms with Crippen molar-refractivity contribution >= 4 is 28.8 Å². The third-order valence-corrected chi connectivity index (χ3v) is 5.70. The SMILES string of the molecule is Cc1cc(C)cc(N2C(=O)C(Nc3ccc(OC(C)C)cc3)=C(c3ccc(C)cc3C)C2=O)c1. The quantitative estimate of drug-likeness (QED) is 0.457. The normalized spacial score (nSPS) is 13.8. The lowest BCUT2D eigenvalue weighted by molar-refractivity contribution is -0.120. The van der Waals surface area contributed by atoms with Gasteiger partial charge in [-0.1, -0.05) is 29.8 Å². The Labute approximate surface area is 201 Å². The molecule has 0 unspecified atom stereocenters. The lowest BCUT2D eigenvalue weighted by atomic mass is 9.97. The molecule has 0 saturated carbocycles. The van der Waals surface area contributed by atoms with E-state index in [0.29, 0.717) is 16.9 Å². The summed E-state index contributed by atoms with van der Waals surface area (Å²) in [5.41, 5.74) is 6.70. The second-order valence-electron chi connectivity index (χ2n) is 9.18. The monoisotopic (exact) mass is 454 g/mol. The number of hydrogen-bond acceptors (Lipinski definition) is 4. The standard InChI is InChI=1S/C29H30N2O3/c1-17(2)34-24-10-8-22(9-11-24)30-27-26(25-12-7-18(3)14-21(25)6)28(32)31(29(27)33)23-15-19(4)13-20(5)16-23/h7-17,30H,1-6H3. The minimum Gasteiger partial charge on any atom is -0.491 e. The Morgan fingerprint density at radius 2 is 1.41 bits per heavy atom. The van der Waals surface area contributed by atoms with Gasteiger partial charge in [-0.25, -0.2) is 4.90 Å². The number of anilines is 2. The number of ether oxygens (including phenoxy) is 1. The van der Waals surface area contributed by atoms with Gasteiger partial charge in [0.1, 0.15) is 11.4 Å². The molecule has 4 rings (SSSR count). The lowest BCUT2D eigenvalue weighted by Crippen LogP contribution is -2.32. The molecule has 2 amide bonds. The third-order valence-electron chi connectivity index (χ3n) is 5.70. The van der Waals surface area contributed by atoms with Crippen molar-refractivity contribution in [3.8, 4) is 5.75 Å². The van der Waals surface area contributed by atoms with Crippen molar-refractivity contribution < 1.29 is 14.3 Å². The molecule has 0 radical (unpaired) electrons. The van der Waals surface area contributed by atoms with Gasteiger partial charge in [0.15, 0.2) is 0 Å². The summed E-state index contributed by atoms with van der Waals surface area (Å²) in [4.78, 5) is 28.7. The summed E-state index contributed by atoms with van der Waals surface area (Å²) >= 11 is 0. The van der Waals surface area contributed by atoms with Crippen LogP contribution in [0.2, 0.25) is 0 Å². The van der Waals surface area contributed by atoms with Crippen LogP contribution in [0.1, 0.15) is 41.7 Å².